The number of ether oxygens (including phenoxy) is 1. The van der Waals surface area contributed by atoms with Crippen LogP contribution in [0.4, 0.5) is 0 Å². The lowest BCUT2D eigenvalue weighted by molar-refractivity contribution is 0.000294. The number of halogens is 2. The van der Waals surface area contributed by atoms with E-state index in [9.17, 15) is 5.11 Å². The number of rotatable bonds is 3. The van der Waals surface area contributed by atoms with Gasteiger partial charge >= 0.3 is 0 Å². The van der Waals surface area contributed by atoms with Gasteiger partial charge in [-0.2, -0.15) is 0 Å². The topological polar surface area (TPSA) is 45.6 Å². The Labute approximate surface area is 134 Å². The van der Waals surface area contributed by atoms with Crippen LogP contribution < -0.4 is 0 Å². The molecular formula is C15H18Cl2N2O2. The molecule has 1 spiro atoms. The monoisotopic (exact) mass is 328 g/mol. The molecule has 4 nitrogen and oxygen atoms in total. The van der Waals surface area contributed by atoms with E-state index < -0.39 is 0 Å². The van der Waals surface area contributed by atoms with Gasteiger partial charge in [0.2, 0.25) is 0 Å². The van der Waals surface area contributed by atoms with Crippen LogP contribution in [0.25, 0.3) is 0 Å². The average molecular weight is 329 g/mol. The average Bonchev–Trinajstić information content (AvgIpc) is 3.08. The highest BCUT2D eigenvalue weighted by molar-refractivity contribution is 6.34. The Kier molecular flexibility index (Phi) is 3.43. The predicted molar refractivity (Wildman–Crippen MR) is 80.4 cm³/mol. The van der Waals surface area contributed by atoms with Crippen LogP contribution in [0.5, 0.6) is 0 Å². The molecule has 6 heteroatoms. The lowest BCUT2D eigenvalue weighted by Gasteiger charge is -2.28. The van der Waals surface area contributed by atoms with Crippen molar-refractivity contribution in [3.8, 4) is 0 Å². The van der Waals surface area contributed by atoms with Crippen LogP contribution in [-0.4, -0.2) is 46.4 Å². The van der Waals surface area contributed by atoms with E-state index in [4.69, 9.17) is 27.9 Å². The molecule has 2 bridgehead atoms. The molecule has 21 heavy (non-hydrogen) atoms. The number of hydrogen-bond acceptors (Lipinski definition) is 4. The molecule has 0 saturated carbocycles. The van der Waals surface area contributed by atoms with Crippen molar-refractivity contribution in [3.63, 3.8) is 0 Å². The molecule has 0 radical (unpaired) electrons. The summed E-state index contributed by atoms with van der Waals surface area (Å²) in [6.07, 6.45) is 4.09. The Morgan fingerprint density at radius 3 is 3.10 bits per heavy atom. The summed E-state index contributed by atoms with van der Waals surface area (Å²) in [5, 5.41) is 10.8. The first-order chi connectivity index (χ1) is 10.1. The molecule has 3 aliphatic heterocycles. The first kappa shape index (κ1) is 14.2. The number of aromatic nitrogens is 1. The Bertz CT molecular complexity index is 571. The second kappa shape index (κ2) is 5.07. The summed E-state index contributed by atoms with van der Waals surface area (Å²) in [6.45, 7) is 2.79. The Balaban J connectivity index is 1.52. The lowest BCUT2D eigenvalue weighted by atomic mass is 9.74. The molecule has 1 aromatic rings. The highest BCUT2D eigenvalue weighted by Gasteiger charge is 2.62. The molecule has 0 aromatic carbocycles. The molecule has 4 heterocycles. The SMILES string of the molecule is OC[C@H]1[C@@H]2CC[C@@]3(CN(Cc4ncc(Cl)cc4Cl)C[C@@H]13)O2. The minimum absolute atomic E-state index is 0.0447. The fourth-order valence-electron chi connectivity index (χ4n) is 4.42. The fraction of sp³-hybridized carbons (Fsp3) is 0.667. The zero-order valence-corrected chi connectivity index (χ0v) is 13.1. The van der Waals surface area contributed by atoms with E-state index in [1.807, 2.05) is 0 Å². The minimum atomic E-state index is -0.0447. The van der Waals surface area contributed by atoms with E-state index >= 15 is 0 Å². The lowest BCUT2D eigenvalue weighted by Crippen LogP contribution is -2.37. The van der Waals surface area contributed by atoms with Crippen molar-refractivity contribution < 1.29 is 9.84 Å². The summed E-state index contributed by atoms with van der Waals surface area (Å²) in [4.78, 5) is 6.68. The van der Waals surface area contributed by atoms with Crippen molar-refractivity contribution in [3.05, 3.63) is 28.0 Å². The van der Waals surface area contributed by atoms with Crippen LogP contribution in [0.15, 0.2) is 12.3 Å². The van der Waals surface area contributed by atoms with E-state index in [1.165, 1.54) is 0 Å². The number of likely N-dealkylation sites (tertiary alicyclic amines) is 1. The van der Waals surface area contributed by atoms with Gasteiger partial charge in [-0.3, -0.25) is 9.88 Å². The third-order valence-corrected chi connectivity index (χ3v) is 5.86. The number of aliphatic hydroxyl groups is 1. The van der Waals surface area contributed by atoms with Crippen LogP contribution in [0.3, 0.4) is 0 Å². The summed E-state index contributed by atoms with van der Waals surface area (Å²) >= 11 is 12.1. The van der Waals surface area contributed by atoms with Crippen LogP contribution in [0, 0.1) is 11.8 Å². The zero-order valence-electron chi connectivity index (χ0n) is 11.6. The molecule has 3 saturated heterocycles. The molecule has 3 fully saturated rings. The van der Waals surface area contributed by atoms with E-state index in [1.54, 1.807) is 12.3 Å². The maximum absolute atomic E-state index is 9.64. The highest BCUT2D eigenvalue weighted by Crippen LogP contribution is 2.54. The van der Waals surface area contributed by atoms with Gasteiger partial charge < -0.3 is 9.84 Å². The van der Waals surface area contributed by atoms with Gasteiger partial charge in [0.25, 0.3) is 0 Å². The van der Waals surface area contributed by atoms with Gasteiger partial charge in [-0.15, -0.1) is 0 Å². The van der Waals surface area contributed by atoms with Gasteiger partial charge in [-0.1, -0.05) is 23.2 Å². The number of pyridine rings is 1. The van der Waals surface area contributed by atoms with Gasteiger partial charge in [-0.05, 0) is 18.9 Å². The van der Waals surface area contributed by atoms with Gasteiger partial charge in [0, 0.05) is 44.3 Å². The summed E-state index contributed by atoms with van der Waals surface area (Å²) in [6, 6.07) is 1.74. The summed E-state index contributed by atoms with van der Waals surface area (Å²) < 4.78 is 6.23. The number of nitrogens with zero attached hydrogens (tertiary/aromatic N) is 2. The maximum Gasteiger partial charge on any atom is 0.0858 e. The smallest absolute Gasteiger partial charge is 0.0858 e. The van der Waals surface area contributed by atoms with Gasteiger partial charge in [-0.25, -0.2) is 0 Å². The molecule has 0 aliphatic carbocycles. The zero-order chi connectivity index (χ0) is 14.6. The molecule has 0 amide bonds. The van der Waals surface area contributed by atoms with Gasteiger partial charge in [0.1, 0.15) is 0 Å². The second-order valence-electron chi connectivity index (χ2n) is 6.46. The van der Waals surface area contributed by atoms with Crippen molar-refractivity contribution in [2.45, 2.75) is 31.1 Å². The quantitative estimate of drug-likeness (QED) is 0.925. The van der Waals surface area contributed by atoms with Crippen LogP contribution in [0.1, 0.15) is 18.5 Å². The maximum atomic E-state index is 9.64. The molecule has 1 aromatic heterocycles. The first-order valence-corrected chi connectivity index (χ1v) is 8.18. The number of hydrogen-bond donors (Lipinski definition) is 1. The summed E-state index contributed by atoms with van der Waals surface area (Å²) in [7, 11) is 0. The van der Waals surface area contributed by atoms with E-state index in [0.29, 0.717) is 22.5 Å². The molecular weight excluding hydrogens is 311 g/mol. The number of aliphatic hydroxyl groups excluding tert-OH is 1. The Morgan fingerprint density at radius 2 is 2.33 bits per heavy atom. The van der Waals surface area contributed by atoms with Crippen LogP contribution in [-0.2, 0) is 11.3 Å². The van der Waals surface area contributed by atoms with E-state index in [-0.39, 0.29) is 24.2 Å². The summed E-state index contributed by atoms with van der Waals surface area (Å²) in [5.41, 5.74) is 0.810. The standard InChI is InChI=1S/C15H18Cl2N2O2/c16-9-3-12(17)13(18-4-9)6-19-5-11-10(7-20)14-1-2-15(11,8-19)21-14/h3-4,10-11,14,20H,1-2,5-8H2/t10-,11+,14+,15+/m1/s1. The third kappa shape index (κ3) is 2.20. The van der Waals surface area contributed by atoms with E-state index in [2.05, 4.69) is 9.88 Å². The molecule has 114 valence electrons. The number of fused-ring (bicyclic) bond motifs is 1. The predicted octanol–water partition coefficient (Wildman–Crippen LogP) is 2.36. The van der Waals surface area contributed by atoms with Crippen molar-refractivity contribution in [1.82, 2.24) is 9.88 Å². The third-order valence-electron chi connectivity index (χ3n) is 5.32. The second-order valence-corrected chi connectivity index (χ2v) is 7.31. The Hall–Kier alpha value is -0.390. The summed E-state index contributed by atoms with van der Waals surface area (Å²) in [5.74, 6) is 0.727. The Morgan fingerprint density at radius 1 is 1.48 bits per heavy atom. The van der Waals surface area contributed by atoms with Crippen LogP contribution in [0.2, 0.25) is 10.0 Å². The molecule has 1 N–H and O–H groups in total. The largest absolute Gasteiger partial charge is 0.396 e. The van der Waals surface area contributed by atoms with Crippen LogP contribution >= 0.6 is 23.2 Å². The fourth-order valence-corrected chi connectivity index (χ4v) is 4.86. The highest BCUT2D eigenvalue weighted by atomic mass is 35.5. The minimum Gasteiger partial charge on any atom is -0.396 e. The van der Waals surface area contributed by atoms with Crippen molar-refractivity contribution >= 4 is 23.2 Å². The molecule has 0 unspecified atom stereocenters. The molecule has 4 rings (SSSR count). The van der Waals surface area contributed by atoms with Crippen molar-refractivity contribution in [2.24, 2.45) is 11.8 Å². The molecule has 4 atom stereocenters. The first-order valence-electron chi connectivity index (χ1n) is 7.42. The van der Waals surface area contributed by atoms with E-state index in [0.717, 1.165) is 31.6 Å². The van der Waals surface area contributed by atoms with Gasteiger partial charge in [0.05, 0.1) is 27.4 Å². The van der Waals surface area contributed by atoms with Crippen molar-refractivity contribution in [1.29, 1.82) is 0 Å². The van der Waals surface area contributed by atoms with Gasteiger partial charge in [0.15, 0.2) is 0 Å². The molecule has 3 aliphatic rings. The van der Waals surface area contributed by atoms with Crippen molar-refractivity contribution in [2.75, 3.05) is 19.7 Å². The normalized spacial score (nSPS) is 38.1.